The molecule has 2 aliphatic heterocycles. The summed E-state index contributed by atoms with van der Waals surface area (Å²) in [5.41, 5.74) is 5.46. The smallest absolute Gasteiger partial charge is 0.276 e. The third-order valence-corrected chi connectivity index (χ3v) is 5.97. The van der Waals surface area contributed by atoms with Crippen LogP contribution in [0.25, 0.3) is 0 Å². The lowest BCUT2D eigenvalue weighted by Crippen LogP contribution is -2.56. The van der Waals surface area contributed by atoms with Gasteiger partial charge in [-0.15, -0.1) is 0 Å². The minimum Gasteiger partial charge on any atom is -0.447 e. The predicted octanol–water partition coefficient (Wildman–Crippen LogP) is 0.597. The Bertz CT molecular complexity index is 569. The number of piperidine rings is 1. The topological polar surface area (TPSA) is 79.8 Å². The zero-order chi connectivity index (χ0) is 14.2. The van der Waals surface area contributed by atoms with Crippen LogP contribution in [-0.4, -0.2) is 49.8 Å². The van der Waals surface area contributed by atoms with Crippen LogP contribution in [-0.2, 0) is 16.6 Å². The number of furan rings is 1. The number of hydrogen-bond donors (Lipinski definition) is 1. The van der Waals surface area contributed by atoms with Gasteiger partial charge in [0.05, 0.1) is 6.54 Å². The maximum absolute atomic E-state index is 12.6. The van der Waals surface area contributed by atoms with Gasteiger partial charge in [0.15, 0.2) is 0 Å². The zero-order valence-corrected chi connectivity index (χ0v) is 12.3. The molecule has 0 saturated carbocycles. The van der Waals surface area contributed by atoms with Crippen molar-refractivity contribution in [2.45, 2.75) is 36.9 Å². The minimum atomic E-state index is -3.52. The van der Waals surface area contributed by atoms with Crippen LogP contribution in [0.2, 0.25) is 0 Å². The molecule has 20 heavy (non-hydrogen) atoms. The average molecular weight is 299 g/mol. The molecule has 0 amide bonds. The lowest BCUT2D eigenvalue weighted by atomic mass is 10.0. The summed E-state index contributed by atoms with van der Waals surface area (Å²) in [7, 11) is -3.52. The molecule has 1 unspecified atom stereocenters. The van der Waals surface area contributed by atoms with Crippen LogP contribution >= 0.6 is 0 Å². The number of sulfonamides is 1. The van der Waals surface area contributed by atoms with E-state index in [0.29, 0.717) is 24.9 Å². The molecule has 2 fully saturated rings. The largest absolute Gasteiger partial charge is 0.447 e. The normalized spacial score (nSPS) is 25.6. The highest BCUT2D eigenvalue weighted by atomic mass is 32.2. The Balaban J connectivity index is 1.77. The Kier molecular flexibility index (Phi) is 3.85. The maximum Gasteiger partial charge on any atom is 0.276 e. The van der Waals surface area contributed by atoms with E-state index in [-0.39, 0.29) is 11.6 Å². The fourth-order valence-electron chi connectivity index (χ4n) is 3.08. The van der Waals surface area contributed by atoms with Gasteiger partial charge in [0.25, 0.3) is 10.0 Å². The van der Waals surface area contributed by atoms with Gasteiger partial charge in [0.2, 0.25) is 5.09 Å². The second kappa shape index (κ2) is 5.48. The number of piperazine rings is 1. The van der Waals surface area contributed by atoms with Crippen molar-refractivity contribution >= 4 is 10.0 Å². The van der Waals surface area contributed by atoms with E-state index >= 15 is 0 Å². The molecule has 0 bridgehead atoms. The van der Waals surface area contributed by atoms with Crippen molar-refractivity contribution in [3.63, 3.8) is 0 Å². The van der Waals surface area contributed by atoms with Crippen LogP contribution < -0.4 is 5.73 Å². The molecule has 0 radical (unpaired) electrons. The lowest BCUT2D eigenvalue weighted by molar-refractivity contribution is 0.0844. The summed E-state index contributed by atoms with van der Waals surface area (Å²) >= 11 is 0. The highest BCUT2D eigenvalue weighted by Gasteiger charge is 2.36. The molecule has 1 aromatic heterocycles. The summed E-state index contributed by atoms with van der Waals surface area (Å²) in [5.74, 6) is 0.500. The average Bonchev–Trinajstić information content (AvgIpc) is 2.96. The van der Waals surface area contributed by atoms with Gasteiger partial charge in [-0.2, -0.15) is 4.31 Å². The molecule has 0 aliphatic carbocycles. The first kappa shape index (κ1) is 14.1. The second-order valence-corrected chi connectivity index (χ2v) is 7.34. The molecule has 2 aliphatic rings. The van der Waals surface area contributed by atoms with E-state index in [0.717, 1.165) is 19.5 Å². The SMILES string of the molecule is NCc1ccc(S(=O)(=O)N2CCN3CCCCC3C2)o1. The molecule has 6 nitrogen and oxygen atoms in total. The van der Waals surface area contributed by atoms with Gasteiger partial charge in [-0.25, -0.2) is 8.42 Å². The molecule has 3 heterocycles. The maximum atomic E-state index is 12.6. The molecule has 2 saturated heterocycles. The molecular formula is C13H21N3O3S. The highest BCUT2D eigenvalue weighted by molar-refractivity contribution is 7.89. The molecule has 7 heteroatoms. The van der Waals surface area contributed by atoms with Gasteiger partial charge >= 0.3 is 0 Å². The van der Waals surface area contributed by atoms with Crippen LogP contribution in [0.15, 0.2) is 21.6 Å². The molecule has 1 aromatic rings. The van der Waals surface area contributed by atoms with E-state index < -0.39 is 10.0 Å². The van der Waals surface area contributed by atoms with Crippen molar-refractivity contribution in [3.8, 4) is 0 Å². The molecule has 2 N–H and O–H groups in total. The molecule has 3 rings (SSSR count). The predicted molar refractivity (Wildman–Crippen MR) is 74.6 cm³/mol. The number of nitrogens with zero attached hydrogens (tertiary/aromatic N) is 2. The fraction of sp³-hybridized carbons (Fsp3) is 0.692. The third kappa shape index (κ3) is 2.50. The van der Waals surface area contributed by atoms with Crippen LogP contribution in [0.1, 0.15) is 25.0 Å². The van der Waals surface area contributed by atoms with Crippen LogP contribution in [0.4, 0.5) is 0 Å². The number of hydrogen-bond acceptors (Lipinski definition) is 5. The molecule has 0 spiro atoms. The van der Waals surface area contributed by atoms with Gasteiger partial charge < -0.3 is 10.2 Å². The second-order valence-electron chi connectivity index (χ2n) is 5.47. The minimum absolute atomic E-state index is 0.0159. The monoisotopic (exact) mass is 299 g/mol. The van der Waals surface area contributed by atoms with E-state index in [1.165, 1.54) is 18.9 Å². The van der Waals surface area contributed by atoms with E-state index in [2.05, 4.69) is 4.90 Å². The van der Waals surface area contributed by atoms with Crippen molar-refractivity contribution in [3.05, 3.63) is 17.9 Å². The van der Waals surface area contributed by atoms with Crippen molar-refractivity contribution in [1.82, 2.24) is 9.21 Å². The Morgan fingerprint density at radius 1 is 1.25 bits per heavy atom. The van der Waals surface area contributed by atoms with E-state index in [4.69, 9.17) is 10.2 Å². The quantitative estimate of drug-likeness (QED) is 0.884. The van der Waals surface area contributed by atoms with E-state index in [1.54, 1.807) is 10.4 Å². The summed E-state index contributed by atoms with van der Waals surface area (Å²) < 4.78 is 32.0. The van der Waals surface area contributed by atoms with Gasteiger partial charge in [0.1, 0.15) is 5.76 Å². The van der Waals surface area contributed by atoms with E-state index in [1.807, 2.05) is 0 Å². The van der Waals surface area contributed by atoms with Crippen molar-refractivity contribution < 1.29 is 12.8 Å². The standard InChI is InChI=1S/C13H21N3O3S/c14-9-12-4-5-13(19-12)20(17,18)16-8-7-15-6-2-1-3-11(15)10-16/h4-5,11H,1-3,6-10,14H2. The van der Waals surface area contributed by atoms with Crippen LogP contribution in [0.5, 0.6) is 0 Å². The fourth-order valence-corrected chi connectivity index (χ4v) is 4.48. The molecule has 112 valence electrons. The highest BCUT2D eigenvalue weighted by Crippen LogP contribution is 2.26. The Morgan fingerprint density at radius 3 is 2.85 bits per heavy atom. The third-order valence-electron chi connectivity index (χ3n) is 4.23. The lowest BCUT2D eigenvalue weighted by Gasteiger charge is -2.43. The first-order valence-corrected chi connectivity index (χ1v) is 8.58. The van der Waals surface area contributed by atoms with E-state index in [9.17, 15) is 8.42 Å². The number of rotatable bonds is 3. The summed E-state index contributed by atoms with van der Waals surface area (Å²) in [6, 6.07) is 3.49. The van der Waals surface area contributed by atoms with Gasteiger partial charge in [-0.1, -0.05) is 6.42 Å². The Hall–Kier alpha value is -0.890. The van der Waals surface area contributed by atoms with Gasteiger partial charge in [-0.05, 0) is 31.5 Å². The Labute approximate surface area is 119 Å². The first-order valence-electron chi connectivity index (χ1n) is 7.14. The van der Waals surface area contributed by atoms with Crippen molar-refractivity contribution in [2.75, 3.05) is 26.2 Å². The molecular weight excluding hydrogens is 278 g/mol. The van der Waals surface area contributed by atoms with Crippen molar-refractivity contribution in [2.24, 2.45) is 5.73 Å². The van der Waals surface area contributed by atoms with Crippen LogP contribution in [0, 0.1) is 0 Å². The van der Waals surface area contributed by atoms with Gasteiger partial charge in [-0.3, -0.25) is 4.90 Å². The molecule has 1 atom stereocenters. The summed E-state index contributed by atoms with van der Waals surface area (Å²) in [4.78, 5) is 2.41. The summed E-state index contributed by atoms with van der Waals surface area (Å²) in [6.45, 7) is 3.23. The Morgan fingerprint density at radius 2 is 2.10 bits per heavy atom. The van der Waals surface area contributed by atoms with Gasteiger partial charge in [0, 0.05) is 25.7 Å². The summed E-state index contributed by atoms with van der Waals surface area (Å²) in [5, 5.41) is 0.0159. The zero-order valence-electron chi connectivity index (χ0n) is 11.5. The summed E-state index contributed by atoms with van der Waals surface area (Å²) in [6.07, 6.45) is 3.49. The number of nitrogens with two attached hydrogens (primary N) is 1. The molecule has 0 aromatic carbocycles. The van der Waals surface area contributed by atoms with Crippen molar-refractivity contribution in [1.29, 1.82) is 0 Å². The first-order chi connectivity index (χ1) is 9.61. The number of fused-ring (bicyclic) bond motifs is 1. The van der Waals surface area contributed by atoms with Crippen LogP contribution in [0.3, 0.4) is 0 Å².